The minimum absolute atomic E-state index is 0.0306. The highest BCUT2D eigenvalue weighted by Crippen LogP contribution is 2.29. The number of benzene rings is 2. The van der Waals surface area contributed by atoms with E-state index in [9.17, 15) is 23.3 Å². The third kappa shape index (κ3) is 4.37. The predicted molar refractivity (Wildman–Crippen MR) is 83.9 cm³/mol. The van der Waals surface area contributed by atoms with Crippen LogP contribution in [0.4, 0.5) is 30.2 Å². The van der Waals surface area contributed by atoms with Gasteiger partial charge in [-0.2, -0.15) is 13.2 Å². The molecule has 0 radical (unpaired) electrons. The minimum atomic E-state index is -4.38. The molecule has 128 valence electrons. The summed E-state index contributed by atoms with van der Waals surface area (Å²) < 4.78 is 41.0. The van der Waals surface area contributed by atoms with Gasteiger partial charge < -0.3 is 9.64 Å². The van der Waals surface area contributed by atoms with E-state index in [0.29, 0.717) is 11.3 Å². The maximum absolute atomic E-state index is 12.1. The van der Waals surface area contributed by atoms with Crippen molar-refractivity contribution >= 4 is 17.1 Å². The lowest BCUT2D eigenvalue weighted by molar-refractivity contribution is -0.385. The lowest BCUT2D eigenvalue weighted by atomic mass is 10.1. The summed E-state index contributed by atoms with van der Waals surface area (Å²) in [5, 5.41) is 10.8. The van der Waals surface area contributed by atoms with Crippen LogP contribution in [0.5, 0.6) is 5.75 Å². The summed E-state index contributed by atoms with van der Waals surface area (Å²) in [7, 11) is 1.76. The van der Waals surface area contributed by atoms with Crippen LogP contribution in [-0.4, -0.2) is 24.8 Å². The number of rotatable bonds is 5. The lowest BCUT2D eigenvalue weighted by Gasteiger charge is -2.20. The van der Waals surface area contributed by atoms with Crippen molar-refractivity contribution < 1.29 is 22.8 Å². The minimum Gasteiger partial charge on any atom is -0.484 e. The highest BCUT2D eigenvalue weighted by Gasteiger charge is 2.28. The first-order valence-corrected chi connectivity index (χ1v) is 6.96. The largest absolute Gasteiger partial charge is 0.484 e. The second kappa shape index (κ2) is 6.77. The first-order chi connectivity index (χ1) is 11.2. The number of hydrogen-bond acceptors (Lipinski definition) is 4. The number of nitro benzene ring substituents is 1. The monoisotopic (exact) mass is 340 g/mol. The van der Waals surface area contributed by atoms with E-state index in [1.54, 1.807) is 43.1 Å². The molecule has 0 fully saturated rings. The van der Waals surface area contributed by atoms with Crippen LogP contribution in [0, 0.1) is 17.0 Å². The molecular weight excluding hydrogens is 325 g/mol. The SMILES string of the molecule is Cc1cc(N(C)c2ccc(OCC(F)(F)F)cc2)ccc1[N+](=O)[O-]. The molecule has 0 spiro atoms. The number of hydrogen-bond donors (Lipinski definition) is 0. The Morgan fingerprint density at radius 3 is 2.21 bits per heavy atom. The van der Waals surface area contributed by atoms with Gasteiger partial charge in [-0.3, -0.25) is 10.1 Å². The van der Waals surface area contributed by atoms with Gasteiger partial charge in [0.25, 0.3) is 5.69 Å². The Morgan fingerprint density at radius 1 is 1.12 bits per heavy atom. The van der Waals surface area contributed by atoms with Crippen LogP contribution in [0.2, 0.25) is 0 Å². The van der Waals surface area contributed by atoms with Gasteiger partial charge in [-0.15, -0.1) is 0 Å². The topological polar surface area (TPSA) is 55.6 Å². The Bertz CT molecular complexity index is 730. The summed E-state index contributed by atoms with van der Waals surface area (Å²) in [5.74, 6) is 0.115. The third-order valence-corrected chi connectivity index (χ3v) is 3.39. The predicted octanol–water partition coefficient (Wildman–Crippen LogP) is 4.61. The molecule has 0 heterocycles. The van der Waals surface area contributed by atoms with Crippen molar-refractivity contribution in [1.29, 1.82) is 0 Å². The fourth-order valence-electron chi connectivity index (χ4n) is 2.13. The Labute approximate surface area is 136 Å². The van der Waals surface area contributed by atoms with Gasteiger partial charge in [0.05, 0.1) is 4.92 Å². The molecule has 0 aromatic heterocycles. The van der Waals surface area contributed by atoms with Gasteiger partial charge in [0.2, 0.25) is 0 Å². The van der Waals surface area contributed by atoms with Crippen molar-refractivity contribution in [1.82, 2.24) is 0 Å². The van der Waals surface area contributed by atoms with Crippen molar-refractivity contribution in [2.45, 2.75) is 13.1 Å². The molecule has 0 atom stereocenters. The summed E-state index contributed by atoms with van der Waals surface area (Å²) in [4.78, 5) is 12.2. The Balaban J connectivity index is 2.14. The van der Waals surface area contributed by atoms with Crippen molar-refractivity contribution in [2.75, 3.05) is 18.6 Å². The smallest absolute Gasteiger partial charge is 0.422 e. The number of alkyl halides is 3. The van der Waals surface area contributed by atoms with E-state index >= 15 is 0 Å². The van der Waals surface area contributed by atoms with E-state index < -0.39 is 17.7 Å². The molecule has 5 nitrogen and oxygen atoms in total. The molecule has 0 saturated heterocycles. The molecule has 0 aliphatic rings. The Kier molecular flexibility index (Phi) is 4.96. The summed E-state index contributed by atoms with van der Waals surface area (Å²) in [6.07, 6.45) is -4.38. The van der Waals surface area contributed by atoms with Crippen molar-refractivity contribution in [2.24, 2.45) is 0 Å². The summed E-state index contributed by atoms with van der Waals surface area (Å²) in [6, 6.07) is 10.8. The van der Waals surface area contributed by atoms with E-state index in [1.807, 2.05) is 0 Å². The molecule has 0 N–H and O–H groups in total. The average molecular weight is 340 g/mol. The van der Waals surface area contributed by atoms with Gasteiger partial charge in [0.1, 0.15) is 5.75 Å². The summed E-state index contributed by atoms with van der Waals surface area (Å²) in [6.45, 7) is 0.299. The van der Waals surface area contributed by atoms with Gasteiger partial charge in [-0.25, -0.2) is 0 Å². The second-order valence-corrected chi connectivity index (χ2v) is 5.18. The summed E-state index contributed by atoms with van der Waals surface area (Å²) in [5.41, 5.74) is 1.99. The van der Waals surface area contributed by atoms with Gasteiger partial charge in [-0.05, 0) is 43.3 Å². The van der Waals surface area contributed by atoms with Crippen molar-refractivity contribution in [3.05, 3.63) is 58.1 Å². The van der Waals surface area contributed by atoms with Crippen molar-refractivity contribution in [3.63, 3.8) is 0 Å². The quantitative estimate of drug-likeness (QED) is 0.589. The molecule has 2 aromatic carbocycles. The zero-order valence-corrected chi connectivity index (χ0v) is 13.0. The number of ether oxygens (including phenoxy) is 1. The highest BCUT2D eigenvalue weighted by molar-refractivity contribution is 5.65. The zero-order valence-electron chi connectivity index (χ0n) is 13.0. The molecule has 2 rings (SSSR count). The fourth-order valence-corrected chi connectivity index (χ4v) is 2.13. The number of nitro groups is 1. The van der Waals surface area contributed by atoms with Crippen molar-refractivity contribution in [3.8, 4) is 5.75 Å². The van der Waals surface area contributed by atoms with Gasteiger partial charge >= 0.3 is 6.18 Å². The molecule has 0 bridgehead atoms. The van der Waals surface area contributed by atoms with Gasteiger partial charge in [-0.1, -0.05) is 0 Å². The van der Waals surface area contributed by atoms with Crippen LogP contribution in [-0.2, 0) is 0 Å². The van der Waals surface area contributed by atoms with E-state index in [2.05, 4.69) is 4.74 Å². The molecule has 0 amide bonds. The molecular formula is C16H15F3N2O3. The Morgan fingerprint density at radius 2 is 1.71 bits per heavy atom. The maximum atomic E-state index is 12.1. The second-order valence-electron chi connectivity index (χ2n) is 5.18. The van der Waals surface area contributed by atoms with E-state index in [4.69, 9.17) is 0 Å². The van der Waals surface area contributed by atoms with E-state index in [-0.39, 0.29) is 11.4 Å². The molecule has 0 saturated carbocycles. The zero-order chi connectivity index (χ0) is 17.9. The third-order valence-electron chi connectivity index (χ3n) is 3.39. The normalized spacial score (nSPS) is 11.2. The number of aryl methyl sites for hydroxylation is 1. The molecule has 0 aliphatic heterocycles. The van der Waals surface area contributed by atoms with Crippen LogP contribution >= 0.6 is 0 Å². The molecule has 0 aliphatic carbocycles. The first-order valence-electron chi connectivity index (χ1n) is 6.96. The van der Waals surface area contributed by atoms with Crippen LogP contribution in [0.3, 0.4) is 0 Å². The molecule has 24 heavy (non-hydrogen) atoms. The van der Waals surface area contributed by atoms with E-state index in [1.165, 1.54) is 18.2 Å². The lowest BCUT2D eigenvalue weighted by Crippen LogP contribution is -2.19. The number of anilines is 2. The molecule has 8 heteroatoms. The molecule has 0 unspecified atom stereocenters. The van der Waals surface area contributed by atoms with Crippen LogP contribution in [0.25, 0.3) is 0 Å². The maximum Gasteiger partial charge on any atom is 0.422 e. The summed E-state index contributed by atoms with van der Waals surface area (Å²) >= 11 is 0. The van der Waals surface area contributed by atoms with Crippen LogP contribution < -0.4 is 9.64 Å². The number of nitrogens with zero attached hydrogens (tertiary/aromatic N) is 2. The Hall–Kier alpha value is -2.77. The van der Waals surface area contributed by atoms with Gasteiger partial charge in [0.15, 0.2) is 6.61 Å². The standard InChI is InChI=1S/C16H15F3N2O3/c1-11-9-13(5-8-15(11)21(22)23)20(2)12-3-6-14(7-4-12)24-10-16(17,18)19/h3-9H,10H2,1-2H3. The van der Waals surface area contributed by atoms with E-state index in [0.717, 1.165) is 5.69 Å². The van der Waals surface area contributed by atoms with Gasteiger partial charge in [0, 0.05) is 30.1 Å². The fraction of sp³-hybridized carbons (Fsp3) is 0.250. The van der Waals surface area contributed by atoms with Crippen LogP contribution in [0.15, 0.2) is 42.5 Å². The number of halogens is 3. The average Bonchev–Trinajstić information content (AvgIpc) is 2.51. The van der Waals surface area contributed by atoms with Crippen LogP contribution in [0.1, 0.15) is 5.56 Å². The first kappa shape index (κ1) is 17.6. The molecule has 2 aromatic rings. The highest BCUT2D eigenvalue weighted by atomic mass is 19.4.